The lowest BCUT2D eigenvalue weighted by Gasteiger charge is -2.32. The van der Waals surface area contributed by atoms with Gasteiger partial charge in [-0.3, -0.25) is 14.9 Å². The highest BCUT2D eigenvalue weighted by Gasteiger charge is 2.22. The molecule has 2 N–H and O–H groups in total. The number of hydrogen-bond donors (Lipinski definition) is 2. The van der Waals surface area contributed by atoms with Crippen LogP contribution in [-0.2, 0) is 0 Å². The van der Waals surface area contributed by atoms with Gasteiger partial charge in [0.2, 0.25) is 0 Å². The van der Waals surface area contributed by atoms with Gasteiger partial charge in [-0.2, -0.15) is 5.10 Å². The molecular weight excluding hydrogens is 346 g/mol. The van der Waals surface area contributed by atoms with Crippen molar-refractivity contribution >= 4 is 23.1 Å². The quantitative estimate of drug-likeness (QED) is 0.726. The first-order chi connectivity index (χ1) is 12.8. The van der Waals surface area contributed by atoms with Gasteiger partial charge in [-0.05, 0) is 42.3 Å². The van der Waals surface area contributed by atoms with E-state index in [1.165, 1.54) is 11.3 Å². The molecule has 3 aromatic rings. The van der Waals surface area contributed by atoms with Crippen LogP contribution in [0.3, 0.4) is 0 Å². The molecule has 1 saturated heterocycles. The number of aromatic nitrogens is 3. The highest BCUT2D eigenvalue weighted by molar-refractivity contribution is 7.12. The van der Waals surface area contributed by atoms with Crippen molar-refractivity contribution in [3.63, 3.8) is 0 Å². The third kappa shape index (κ3) is 3.77. The second kappa shape index (κ2) is 7.70. The number of carbonyl (C=O) groups excluding carboxylic acids is 1. The summed E-state index contributed by atoms with van der Waals surface area (Å²) < 4.78 is 0. The van der Waals surface area contributed by atoms with Crippen LogP contribution in [-0.4, -0.2) is 40.7 Å². The molecule has 0 aliphatic carbocycles. The number of thiophene rings is 1. The van der Waals surface area contributed by atoms with E-state index in [0.717, 1.165) is 54.4 Å². The lowest BCUT2D eigenvalue weighted by atomic mass is 9.97. The molecule has 1 aliphatic rings. The zero-order valence-corrected chi connectivity index (χ0v) is 15.2. The molecule has 0 spiro atoms. The zero-order valence-electron chi connectivity index (χ0n) is 14.4. The van der Waals surface area contributed by atoms with Gasteiger partial charge in [0.25, 0.3) is 5.91 Å². The molecule has 134 valence electrons. The van der Waals surface area contributed by atoms with Crippen LogP contribution in [0.5, 0.6) is 0 Å². The van der Waals surface area contributed by atoms with E-state index in [9.17, 15) is 4.79 Å². The normalized spacial score (nSPS) is 15.2. The van der Waals surface area contributed by atoms with E-state index in [1.54, 1.807) is 6.20 Å². The molecule has 0 aromatic carbocycles. The Balaban J connectivity index is 1.29. The SMILES string of the molecule is O=C(NCC1CCN(c2cc(-c3cccnc3)[nH]n2)CC1)c1cccs1. The number of rotatable bonds is 5. The number of nitrogens with one attached hydrogen (secondary N) is 2. The van der Waals surface area contributed by atoms with Crippen molar-refractivity contribution in [2.24, 2.45) is 5.92 Å². The zero-order chi connectivity index (χ0) is 17.8. The summed E-state index contributed by atoms with van der Waals surface area (Å²) in [6.45, 7) is 2.65. The number of anilines is 1. The Morgan fingerprint density at radius 1 is 1.31 bits per heavy atom. The summed E-state index contributed by atoms with van der Waals surface area (Å²) in [7, 11) is 0. The van der Waals surface area contributed by atoms with E-state index in [1.807, 2.05) is 35.8 Å². The first-order valence-corrected chi connectivity index (χ1v) is 9.70. The van der Waals surface area contributed by atoms with Crippen LogP contribution in [0.15, 0.2) is 48.1 Å². The van der Waals surface area contributed by atoms with Crippen LogP contribution in [0.4, 0.5) is 5.82 Å². The number of carbonyl (C=O) groups is 1. The molecule has 7 heteroatoms. The van der Waals surface area contributed by atoms with E-state index >= 15 is 0 Å². The molecule has 0 bridgehead atoms. The van der Waals surface area contributed by atoms with Crippen LogP contribution in [0, 0.1) is 5.92 Å². The number of H-pyrrole nitrogens is 1. The summed E-state index contributed by atoms with van der Waals surface area (Å²) in [5, 5.41) is 12.5. The number of pyridine rings is 1. The van der Waals surface area contributed by atoms with Crippen molar-refractivity contribution in [2.75, 3.05) is 24.5 Å². The third-order valence-electron chi connectivity index (χ3n) is 4.77. The lowest BCUT2D eigenvalue weighted by Crippen LogP contribution is -2.38. The first kappa shape index (κ1) is 16.8. The minimum atomic E-state index is 0.0378. The van der Waals surface area contributed by atoms with Crippen molar-refractivity contribution in [1.82, 2.24) is 20.5 Å². The van der Waals surface area contributed by atoms with E-state index < -0.39 is 0 Å². The van der Waals surface area contributed by atoms with Crippen molar-refractivity contribution in [3.8, 4) is 11.3 Å². The summed E-state index contributed by atoms with van der Waals surface area (Å²) in [6.07, 6.45) is 5.71. The Bertz CT molecular complexity index is 838. The van der Waals surface area contributed by atoms with Gasteiger partial charge in [0.05, 0.1) is 10.6 Å². The highest BCUT2D eigenvalue weighted by atomic mass is 32.1. The third-order valence-corrected chi connectivity index (χ3v) is 5.64. The average molecular weight is 367 g/mol. The van der Waals surface area contributed by atoms with Gasteiger partial charge in [0, 0.05) is 43.7 Å². The topological polar surface area (TPSA) is 73.9 Å². The van der Waals surface area contributed by atoms with Crippen LogP contribution < -0.4 is 10.2 Å². The van der Waals surface area contributed by atoms with Crippen LogP contribution in [0.1, 0.15) is 22.5 Å². The van der Waals surface area contributed by atoms with Crippen LogP contribution in [0.25, 0.3) is 11.3 Å². The Morgan fingerprint density at radius 3 is 2.92 bits per heavy atom. The molecule has 0 atom stereocenters. The largest absolute Gasteiger partial charge is 0.355 e. The lowest BCUT2D eigenvalue weighted by molar-refractivity contribution is 0.0949. The van der Waals surface area contributed by atoms with Gasteiger partial charge in [-0.1, -0.05) is 6.07 Å². The number of aromatic amines is 1. The molecule has 6 nitrogen and oxygen atoms in total. The fourth-order valence-corrected chi connectivity index (χ4v) is 3.88. The number of piperidine rings is 1. The first-order valence-electron chi connectivity index (χ1n) is 8.82. The maximum Gasteiger partial charge on any atom is 0.261 e. The van der Waals surface area contributed by atoms with Crippen LogP contribution in [0.2, 0.25) is 0 Å². The Kier molecular flexibility index (Phi) is 4.97. The number of nitrogens with zero attached hydrogens (tertiary/aromatic N) is 3. The number of hydrogen-bond acceptors (Lipinski definition) is 5. The maximum atomic E-state index is 12.0. The molecule has 0 unspecified atom stereocenters. The molecule has 1 fully saturated rings. The van der Waals surface area contributed by atoms with Crippen molar-refractivity contribution in [3.05, 3.63) is 53.0 Å². The Labute approximate surface area is 156 Å². The van der Waals surface area contributed by atoms with Crippen molar-refractivity contribution in [2.45, 2.75) is 12.8 Å². The van der Waals surface area contributed by atoms with Crippen molar-refractivity contribution < 1.29 is 4.79 Å². The second-order valence-electron chi connectivity index (χ2n) is 6.50. The number of amides is 1. The van der Waals surface area contributed by atoms with Gasteiger partial charge in [-0.15, -0.1) is 11.3 Å². The molecule has 4 heterocycles. The Hall–Kier alpha value is -2.67. The Morgan fingerprint density at radius 2 is 2.19 bits per heavy atom. The summed E-state index contributed by atoms with van der Waals surface area (Å²) in [5.41, 5.74) is 2.02. The van der Waals surface area contributed by atoms with Crippen LogP contribution >= 0.6 is 11.3 Å². The molecule has 1 amide bonds. The molecule has 0 saturated carbocycles. The van der Waals surface area contributed by atoms with E-state index in [4.69, 9.17) is 0 Å². The average Bonchev–Trinajstić information content (AvgIpc) is 3.39. The minimum Gasteiger partial charge on any atom is -0.355 e. The van der Waals surface area contributed by atoms with Gasteiger partial charge >= 0.3 is 0 Å². The van der Waals surface area contributed by atoms with Crippen molar-refractivity contribution in [1.29, 1.82) is 0 Å². The highest BCUT2D eigenvalue weighted by Crippen LogP contribution is 2.25. The van der Waals surface area contributed by atoms with Gasteiger partial charge < -0.3 is 10.2 Å². The fourth-order valence-electron chi connectivity index (χ4n) is 3.24. The molecule has 1 aliphatic heterocycles. The summed E-state index contributed by atoms with van der Waals surface area (Å²) in [5.74, 6) is 1.53. The molecular formula is C19H21N5OS. The van der Waals surface area contributed by atoms with Gasteiger partial charge in [0.15, 0.2) is 5.82 Å². The molecule has 4 rings (SSSR count). The molecule has 26 heavy (non-hydrogen) atoms. The molecule has 0 radical (unpaired) electrons. The van der Waals surface area contributed by atoms with E-state index in [0.29, 0.717) is 5.92 Å². The van der Waals surface area contributed by atoms with Gasteiger partial charge in [-0.25, -0.2) is 0 Å². The smallest absolute Gasteiger partial charge is 0.261 e. The van der Waals surface area contributed by atoms with Gasteiger partial charge in [0.1, 0.15) is 0 Å². The standard InChI is InChI=1S/C19H21N5OS/c25-19(17-4-2-10-26-17)21-12-14-5-8-24(9-6-14)18-11-16(22-23-18)15-3-1-7-20-13-15/h1-4,7,10-11,13-14H,5-6,8-9,12H2,(H,21,25)(H,22,23). The predicted molar refractivity (Wildman–Crippen MR) is 103 cm³/mol. The summed E-state index contributed by atoms with van der Waals surface area (Å²) in [6, 6.07) is 9.79. The summed E-state index contributed by atoms with van der Waals surface area (Å²) in [4.78, 5) is 19.3. The minimum absolute atomic E-state index is 0.0378. The summed E-state index contributed by atoms with van der Waals surface area (Å²) >= 11 is 1.48. The predicted octanol–water partition coefficient (Wildman–Crippen LogP) is 3.18. The van der Waals surface area contributed by atoms with E-state index in [2.05, 4.69) is 31.5 Å². The maximum absolute atomic E-state index is 12.0. The monoisotopic (exact) mass is 367 g/mol. The fraction of sp³-hybridized carbons (Fsp3) is 0.316. The molecule has 3 aromatic heterocycles. The second-order valence-corrected chi connectivity index (χ2v) is 7.45. The van der Waals surface area contributed by atoms with E-state index in [-0.39, 0.29) is 5.91 Å².